The molecule has 3 aromatic rings. The Labute approximate surface area is 181 Å². The highest BCUT2D eigenvalue weighted by molar-refractivity contribution is 5.92. The van der Waals surface area contributed by atoms with Gasteiger partial charge in [-0.25, -0.2) is 9.37 Å². The van der Waals surface area contributed by atoms with Gasteiger partial charge in [0, 0.05) is 18.7 Å². The molecule has 3 rings (SSSR count). The third kappa shape index (κ3) is 5.72. The van der Waals surface area contributed by atoms with Crippen molar-refractivity contribution in [2.45, 2.75) is 19.9 Å². The molecule has 0 spiro atoms. The molecule has 0 aliphatic heterocycles. The van der Waals surface area contributed by atoms with Gasteiger partial charge in [0.15, 0.2) is 0 Å². The molecular weight excluding hydrogens is 399 g/mol. The van der Waals surface area contributed by atoms with Crippen molar-refractivity contribution in [1.29, 1.82) is 0 Å². The molecule has 0 aliphatic rings. The Balaban J connectivity index is 1.95. The summed E-state index contributed by atoms with van der Waals surface area (Å²) >= 11 is 0. The van der Waals surface area contributed by atoms with Crippen LogP contribution in [-0.4, -0.2) is 24.6 Å². The van der Waals surface area contributed by atoms with Crippen molar-refractivity contribution in [3.05, 3.63) is 79.1 Å². The molecular formula is C24H24FN2O4. The van der Waals surface area contributed by atoms with Crippen molar-refractivity contribution in [3.8, 4) is 23.1 Å². The van der Waals surface area contributed by atoms with Crippen LogP contribution in [0.3, 0.4) is 0 Å². The van der Waals surface area contributed by atoms with E-state index in [9.17, 15) is 9.18 Å². The van der Waals surface area contributed by atoms with Crippen LogP contribution in [-0.2, 0) is 11.3 Å². The second-order valence-corrected chi connectivity index (χ2v) is 6.66. The smallest absolute Gasteiger partial charge is 0.243 e. The lowest BCUT2D eigenvalue weighted by Gasteiger charge is -2.24. The van der Waals surface area contributed by atoms with Gasteiger partial charge in [-0.3, -0.25) is 4.79 Å². The van der Waals surface area contributed by atoms with E-state index in [0.717, 1.165) is 5.56 Å². The van der Waals surface area contributed by atoms with Crippen LogP contribution >= 0.6 is 0 Å². The summed E-state index contributed by atoms with van der Waals surface area (Å²) in [6, 6.07) is 14.5. The molecule has 161 valence electrons. The molecule has 0 saturated carbocycles. The first-order valence-corrected chi connectivity index (χ1v) is 9.77. The monoisotopic (exact) mass is 423 g/mol. The number of methoxy groups -OCH3 is 1. The minimum Gasteiger partial charge on any atom is -0.497 e. The fourth-order valence-corrected chi connectivity index (χ4v) is 2.95. The first-order valence-electron chi connectivity index (χ1n) is 9.77. The largest absolute Gasteiger partial charge is 0.497 e. The number of amides is 1. The second kappa shape index (κ2) is 10.4. The summed E-state index contributed by atoms with van der Waals surface area (Å²) in [5, 5.41) is 0. The van der Waals surface area contributed by atoms with E-state index < -0.39 is 0 Å². The van der Waals surface area contributed by atoms with Crippen LogP contribution in [0.25, 0.3) is 0 Å². The summed E-state index contributed by atoms with van der Waals surface area (Å²) in [6.45, 7) is 5.92. The number of rotatable bonds is 9. The molecule has 1 aromatic heterocycles. The molecule has 0 N–H and O–H groups in total. The standard InChI is InChI=1S/C24H24FN2O4/c1-4-14-30-23-12-11-21(29-3)15-18(23)16-27(17(2)28)22-6-5-13-26-24(22)31-20-9-7-19(25)8-10-20/h5-13,15H,1,4,14,16H2,2-3H3. The number of hydrogen-bond acceptors (Lipinski definition) is 5. The maximum absolute atomic E-state index is 13.2. The third-order valence-electron chi connectivity index (χ3n) is 4.45. The van der Waals surface area contributed by atoms with Crippen LogP contribution in [0.4, 0.5) is 10.1 Å². The number of halogens is 1. The molecule has 0 unspecified atom stereocenters. The van der Waals surface area contributed by atoms with Gasteiger partial charge in [-0.05, 0) is 67.9 Å². The number of ether oxygens (including phenoxy) is 3. The predicted molar refractivity (Wildman–Crippen MR) is 116 cm³/mol. The summed E-state index contributed by atoms with van der Waals surface area (Å²) < 4.78 is 30.2. The molecule has 0 aliphatic carbocycles. The summed E-state index contributed by atoms with van der Waals surface area (Å²) in [5.41, 5.74) is 1.24. The Kier molecular flexibility index (Phi) is 7.43. The zero-order valence-electron chi connectivity index (χ0n) is 17.5. The minimum absolute atomic E-state index is 0.206. The van der Waals surface area contributed by atoms with Crippen LogP contribution in [0.1, 0.15) is 18.9 Å². The van der Waals surface area contributed by atoms with E-state index in [2.05, 4.69) is 11.9 Å². The quantitative estimate of drug-likeness (QED) is 0.475. The highest BCUT2D eigenvalue weighted by Crippen LogP contribution is 2.33. The van der Waals surface area contributed by atoms with Crippen molar-refractivity contribution in [1.82, 2.24) is 4.98 Å². The lowest BCUT2D eigenvalue weighted by molar-refractivity contribution is -0.116. The van der Waals surface area contributed by atoms with E-state index in [4.69, 9.17) is 14.2 Å². The Morgan fingerprint density at radius 2 is 1.87 bits per heavy atom. The molecule has 31 heavy (non-hydrogen) atoms. The van der Waals surface area contributed by atoms with Crippen molar-refractivity contribution in [2.24, 2.45) is 0 Å². The van der Waals surface area contributed by atoms with E-state index in [1.807, 2.05) is 6.07 Å². The van der Waals surface area contributed by atoms with Gasteiger partial charge in [0.2, 0.25) is 11.8 Å². The number of hydrogen-bond donors (Lipinski definition) is 0. The predicted octanol–water partition coefficient (Wildman–Crippen LogP) is 5.18. The zero-order valence-corrected chi connectivity index (χ0v) is 17.5. The van der Waals surface area contributed by atoms with Gasteiger partial charge in [-0.1, -0.05) is 0 Å². The highest BCUT2D eigenvalue weighted by Gasteiger charge is 2.20. The van der Waals surface area contributed by atoms with E-state index >= 15 is 0 Å². The molecule has 0 fully saturated rings. The number of nitrogens with zero attached hydrogens (tertiary/aromatic N) is 2. The van der Waals surface area contributed by atoms with Gasteiger partial charge in [-0.2, -0.15) is 0 Å². The summed E-state index contributed by atoms with van der Waals surface area (Å²) in [5.74, 6) is 1.35. The molecule has 0 saturated heterocycles. The highest BCUT2D eigenvalue weighted by atomic mass is 19.1. The van der Waals surface area contributed by atoms with Crippen LogP contribution in [0.5, 0.6) is 23.1 Å². The normalized spacial score (nSPS) is 10.5. The molecule has 1 radical (unpaired) electrons. The van der Waals surface area contributed by atoms with E-state index in [1.54, 1.807) is 37.6 Å². The Bertz CT molecular complexity index is 1020. The number of pyridine rings is 1. The van der Waals surface area contributed by atoms with Gasteiger partial charge in [0.05, 0.1) is 20.3 Å². The van der Waals surface area contributed by atoms with Crippen molar-refractivity contribution < 1.29 is 23.4 Å². The zero-order chi connectivity index (χ0) is 22.2. The maximum atomic E-state index is 13.2. The summed E-state index contributed by atoms with van der Waals surface area (Å²) in [7, 11) is 1.58. The molecule has 7 heteroatoms. The third-order valence-corrected chi connectivity index (χ3v) is 4.45. The molecule has 2 aromatic carbocycles. The number of benzene rings is 2. The Morgan fingerprint density at radius 1 is 1.13 bits per heavy atom. The Morgan fingerprint density at radius 3 is 2.55 bits per heavy atom. The SMILES string of the molecule is [CH2]CCOc1ccc(OC)cc1CN(C(C)=O)c1cccnc1Oc1ccc(F)cc1. The number of carbonyl (C=O) groups excluding carboxylic acids is 1. The summed E-state index contributed by atoms with van der Waals surface area (Å²) in [6.07, 6.45) is 2.18. The molecule has 0 bridgehead atoms. The molecule has 6 nitrogen and oxygen atoms in total. The molecule has 0 atom stereocenters. The average molecular weight is 423 g/mol. The van der Waals surface area contributed by atoms with Crippen LogP contribution < -0.4 is 19.1 Å². The second-order valence-electron chi connectivity index (χ2n) is 6.66. The Hall–Kier alpha value is -3.61. The van der Waals surface area contributed by atoms with E-state index in [-0.39, 0.29) is 24.1 Å². The topological polar surface area (TPSA) is 60.9 Å². The van der Waals surface area contributed by atoms with Gasteiger partial charge >= 0.3 is 0 Å². The number of anilines is 1. The van der Waals surface area contributed by atoms with Gasteiger partial charge in [0.1, 0.15) is 28.8 Å². The van der Waals surface area contributed by atoms with Crippen molar-refractivity contribution in [2.75, 3.05) is 18.6 Å². The number of carbonyl (C=O) groups is 1. The van der Waals surface area contributed by atoms with E-state index in [0.29, 0.717) is 36.0 Å². The lowest BCUT2D eigenvalue weighted by atomic mass is 10.1. The van der Waals surface area contributed by atoms with Gasteiger partial charge < -0.3 is 19.1 Å². The lowest BCUT2D eigenvalue weighted by Crippen LogP contribution is -2.28. The first kappa shape index (κ1) is 22.1. The van der Waals surface area contributed by atoms with Crippen LogP contribution in [0.2, 0.25) is 0 Å². The van der Waals surface area contributed by atoms with Gasteiger partial charge in [0.25, 0.3) is 0 Å². The van der Waals surface area contributed by atoms with Crippen LogP contribution in [0, 0.1) is 12.7 Å². The van der Waals surface area contributed by atoms with Crippen LogP contribution in [0.15, 0.2) is 60.8 Å². The van der Waals surface area contributed by atoms with Crippen molar-refractivity contribution >= 4 is 11.6 Å². The van der Waals surface area contributed by atoms with Crippen molar-refractivity contribution in [3.63, 3.8) is 0 Å². The summed E-state index contributed by atoms with van der Waals surface area (Å²) in [4.78, 5) is 18.4. The van der Waals surface area contributed by atoms with E-state index in [1.165, 1.54) is 36.1 Å². The molecule has 1 heterocycles. The minimum atomic E-state index is -0.369. The average Bonchev–Trinajstić information content (AvgIpc) is 2.78. The maximum Gasteiger partial charge on any atom is 0.243 e. The van der Waals surface area contributed by atoms with Gasteiger partial charge in [-0.15, -0.1) is 0 Å². The molecule has 1 amide bonds. The fourth-order valence-electron chi connectivity index (χ4n) is 2.95. The number of aromatic nitrogens is 1. The fraction of sp³-hybridized carbons (Fsp3) is 0.208. The first-order chi connectivity index (χ1) is 15.0.